The summed E-state index contributed by atoms with van der Waals surface area (Å²) in [4.78, 5) is 12.0. The highest BCUT2D eigenvalue weighted by Gasteiger charge is 2.13. The van der Waals surface area contributed by atoms with Gasteiger partial charge in [0.05, 0.1) is 6.54 Å². The molecule has 0 bridgehead atoms. The number of halogens is 1. The zero-order chi connectivity index (χ0) is 14.3. The number of carbonyl (C=O) groups excluding carboxylic acids is 1. The van der Waals surface area contributed by atoms with Gasteiger partial charge >= 0.3 is 0 Å². The molecule has 0 heterocycles. The van der Waals surface area contributed by atoms with Gasteiger partial charge in [0.25, 0.3) is 5.91 Å². The Morgan fingerprint density at radius 1 is 1.32 bits per heavy atom. The second kappa shape index (κ2) is 8.15. The summed E-state index contributed by atoms with van der Waals surface area (Å²) in [5.41, 5.74) is 1.34. The van der Waals surface area contributed by atoms with Gasteiger partial charge in [-0.25, -0.2) is 0 Å². The highest BCUT2D eigenvalue weighted by atomic mass is 35.5. The molecule has 1 aromatic rings. The maximum absolute atomic E-state index is 12.0. The zero-order valence-electron chi connectivity index (χ0n) is 11.5. The van der Waals surface area contributed by atoms with E-state index in [1.165, 1.54) is 0 Å². The molecular formula is C14H20ClNO3. The first-order chi connectivity index (χ1) is 9.10. The number of benzene rings is 1. The first-order valence-corrected chi connectivity index (χ1v) is 6.74. The second-order valence-electron chi connectivity index (χ2n) is 3.96. The van der Waals surface area contributed by atoms with Gasteiger partial charge in [-0.15, -0.1) is 0 Å². The fourth-order valence-electron chi connectivity index (χ4n) is 1.66. The highest BCUT2D eigenvalue weighted by molar-refractivity contribution is 6.31. The van der Waals surface area contributed by atoms with Gasteiger partial charge in [0.2, 0.25) is 0 Å². The fraction of sp³-hybridized carbons (Fsp3) is 0.500. The molecule has 0 aromatic heterocycles. The van der Waals surface area contributed by atoms with E-state index >= 15 is 0 Å². The van der Waals surface area contributed by atoms with Gasteiger partial charge in [-0.1, -0.05) is 17.7 Å². The molecule has 0 spiro atoms. The first-order valence-electron chi connectivity index (χ1n) is 6.36. The third-order valence-corrected chi connectivity index (χ3v) is 3.06. The van der Waals surface area contributed by atoms with Crippen LogP contribution in [0.2, 0.25) is 5.02 Å². The van der Waals surface area contributed by atoms with Crippen molar-refractivity contribution in [1.29, 1.82) is 0 Å². The van der Waals surface area contributed by atoms with E-state index < -0.39 is 6.29 Å². The van der Waals surface area contributed by atoms with Gasteiger partial charge in [-0.05, 0) is 38.5 Å². The Labute approximate surface area is 119 Å². The van der Waals surface area contributed by atoms with Crippen molar-refractivity contribution in [2.24, 2.45) is 0 Å². The van der Waals surface area contributed by atoms with Crippen LogP contribution in [0.5, 0.6) is 0 Å². The standard InChI is InChI=1S/C14H20ClNO3/c1-4-18-13(19-5-2)9-16-14(17)11-7-6-8-12(15)10(11)3/h6-8,13H,4-5,9H2,1-3H3,(H,16,17). The Kier molecular flexibility index (Phi) is 6.84. The summed E-state index contributed by atoms with van der Waals surface area (Å²) in [5.74, 6) is -0.176. The van der Waals surface area contributed by atoms with E-state index in [1.807, 2.05) is 20.8 Å². The molecule has 0 radical (unpaired) electrons. The van der Waals surface area contributed by atoms with E-state index in [4.69, 9.17) is 21.1 Å². The zero-order valence-corrected chi connectivity index (χ0v) is 12.3. The lowest BCUT2D eigenvalue weighted by Gasteiger charge is -2.17. The maximum atomic E-state index is 12.0. The molecule has 5 heteroatoms. The SMILES string of the molecule is CCOC(CNC(=O)c1cccc(Cl)c1C)OCC. The topological polar surface area (TPSA) is 47.6 Å². The van der Waals surface area contributed by atoms with Crippen molar-refractivity contribution in [3.05, 3.63) is 34.3 Å². The van der Waals surface area contributed by atoms with Crippen molar-refractivity contribution >= 4 is 17.5 Å². The van der Waals surface area contributed by atoms with E-state index in [0.717, 1.165) is 5.56 Å². The third-order valence-electron chi connectivity index (χ3n) is 2.65. The van der Waals surface area contributed by atoms with E-state index in [-0.39, 0.29) is 5.91 Å². The van der Waals surface area contributed by atoms with Crippen LogP contribution in [-0.2, 0) is 9.47 Å². The van der Waals surface area contributed by atoms with Crippen LogP contribution in [0.25, 0.3) is 0 Å². The van der Waals surface area contributed by atoms with Crippen LogP contribution >= 0.6 is 11.6 Å². The van der Waals surface area contributed by atoms with E-state index in [9.17, 15) is 4.79 Å². The summed E-state index contributed by atoms with van der Waals surface area (Å²) >= 11 is 5.99. The molecule has 0 unspecified atom stereocenters. The molecule has 1 rings (SSSR count). The average molecular weight is 286 g/mol. The molecule has 19 heavy (non-hydrogen) atoms. The molecule has 0 aliphatic rings. The Hall–Kier alpha value is -1.10. The number of carbonyl (C=O) groups is 1. The monoisotopic (exact) mass is 285 g/mol. The quantitative estimate of drug-likeness (QED) is 0.784. The Balaban J connectivity index is 2.61. The molecule has 0 atom stereocenters. The van der Waals surface area contributed by atoms with Gasteiger partial charge in [0, 0.05) is 23.8 Å². The summed E-state index contributed by atoms with van der Waals surface area (Å²) in [7, 11) is 0. The maximum Gasteiger partial charge on any atom is 0.251 e. The summed E-state index contributed by atoms with van der Waals surface area (Å²) in [6, 6.07) is 5.26. The van der Waals surface area contributed by atoms with Crippen molar-refractivity contribution in [2.45, 2.75) is 27.1 Å². The molecule has 1 aromatic carbocycles. The number of ether oxygens (including phenoxy) is 2. The van der Waals surface area contributed by atoms with Gasteiger partial charge in [0.1, 0.15) is 0 Å². The van der Waals surface area contributed by atoms with Crippen molar-refractivity contribution < 1.29 is 14.3 Å². The van der Waals surface area contributed by atoms with Crippen LogP contribution in [0.1, 0.15) is 29.8 Å². The third kappa shape index (κ3) is 4.82. The van der Waals surface area contributed by atoms with E-state index in [1.54, 1.807) is 18.2 Å². The predicted molar refractivity (Wildman–Crippen MR) is 75.6 cm³/mol. The number of hydrogen-bond donors (Lipinski definition) is 1. The number of rotatable bonds is 7. The fourth-order valence-corrected chi connectivity index (χ4v) is 1.84. The summed E-state index contributed by atoms with van der Waals surface area (Å²) in [5, 5.41) is 3.37. The Morgan fingerprint density at radius 3 is 2.53 bits per heavy atom. The van der Waals surface area contributed by atoms with Crippen molar-refractivity contribution in [3.8, 4) is 0 Å². The van der Waals surface area contributed by atoms with Crippen LogP contribution in [0.4, 0.5) is 0 Å². The molecule has 1 amide bonds. The first kappa shape index (κ1) is 16.0. The lowest BCUT2D eigenvalue weighted by molar-refractivity contribution is -0.131. The molecule has 4 nitrogen and oxygen atoms in total. The second-order valence-corrected chi connectivity index (χ2v) is 4.37. The molecule has 0 aliphatic carbocycles. The summed E-state index contributed by atoms with van der Waals surface area (Å²) in [6.45, 7) is 6.98. The van der Waals surface area contributed by atoms with Crippen LogP contribution in [0, 0.1) is 6.92 Å². The molecular weight excluding hydrogens is 266 g/mol. The van der Waals surface area contributed by atoms with Crippen molar-refractivity contribution in [3.63, 3.8) is 0 Å². The molecule has 0 saturated carbocycles. The minimum absolute atomic E-state index is 0.176. The van der Waals surface area contributed by atoms with Crippen LogP contribution in [-0.4, -0.2) is 32.0 Å². The van der Waals surface area contributed by atoms with Crippen molar-refractivity contribution in [2.75, 3.05) is 19.8 Å². The minimum Gasteiger partial charge on any atom is -0.351 e. The van der Waals surface area contributed by atoms with Crippen LogP contribution < -0.4 is 5.32 Å². The average Bonchev–Trinajstić information content (AvgIpc) is 2.39. The number of nitrogens with one attached hydrogen (secondary N) is 1. The molecule has 0 saturated heterocycles. The largest absolute Gasteiger partial charge is 0.351 e. The van der Waals surface area contributed by atoms with Gasteiger partial charge in [-0.3, -0.25) is 4.79 Å². The van der Waals surface area contributed by atoms with E-state index in [2.05, 4.69) is 5.32 Å². The summed E-state index contributed by atoms with van der Waals surface area (Å²) < 4.78 is 10.7. The minimum atomic E-state index is -0.418. The van der Waals surface area contributed by atoms with Gasteiger partial charge < -0.3 is 14.8 Å². The number of hydrogen-bond acceptors (Lipinski definition) is 3. The molecule has 0 fully saturated rings. The summed E-state index contributed by atoms with van der Waals surface area (Å²) in [6.07, 6.45) is -0.418. The number of amides is 1. The Morgan fingerprint density at radius 2 is 1.95 bits per heavy atom. The smallest absolute Gasteiger partial charge is 0.251 e. The van der Waals surface area contributed by atoms with E-state index in [0.29, 0.717) is 30.3 Å². The van der Waals surface area contributed by atoms with Crippen LogP contribution in [0.15, 0.2) is 18.2 Å². The van der Waals surface area contributed by atoms with Gasteiger partial charge in [-0.2, -0.15) is 0 Å². The van der Waals surface area contributed by atoms with Gasteiger partial charge in [0.15, 0.2) is 6.29 Å². The van der Waals surface area contributed by atoms with Crippen LogP contribution in [0.3, 0.4) is 0 Å². The predicted octanol–water partition coefficient (Wildman–Crippen LogP) is 2.78. The van der Waals surface area contributed by atoms with Crippen molar-refractivity contribution in [1.82, 2.24) is 5.32 Å². The Bertz CT molecular complexity index is 417. The highest BCUT2D eigenvalue weighted by Crippen LogP contribution is 2.18. The molecule has 0 aliphatic heterocycles. The molecule has 1 N–H and O–H groups in total. The lowest BCUT2D eigenvalue weighted by Crippen LogP contribution is -2.35. The molecule has 106 valence electrons. The normalized spacial score (nSPS) is 10.8. The lowest BCUT2D eigenvalue weighted by atomic mass is 10.1.